The average molecular weight is 418 g/mol. The lowest BCUT2D eigenvalue weighted by Crippen LogP contribution is -2.47. The Balaban J connectivity index is 0.00000176. The van der Waals surface area contributed by atoms with E-state index in [1.165, 1.54) is 19.3 Å². The summed E-state index contributed by atoms with van der Waals surface area (Å²) in [5.41, 5.74) is 0. The van der Waals surface area contributed by atoms with Gasteiger partial charge in [0.1, 0.15) is 11.6 Å². The molecule has 0 saturated heterocycles. The summed E-state index contributed by atoms with van der Waals surface area (Å²) in [6, 6.07) is 0.386. The molecular formula is C15H27IN6. The van der Waals surface area contributed by atoms with E-state index in [0.717, 1.165) is 56.0 Å². The number of aliphatic imine (C=N–C) groups is 1. The monoisotopic (exact) mass is 418 g/mol. The highest BCUT2D eigenvalue weighted by molar-refractivity contribution is 14.0. The molecule has 2 aliphatic rings. The first-order valence-electron chi connectivity index (χ1n) is 8.19. The van der Waals surface area contributed by atoms with Crippen molar-refractivity contribution in [1.29, 1.82) is 0 Å². The van der Waals surface area contributed by atoms with E-state index in [1.807, 2.05) is 11.6 Å². The maximum atomic E-state index is 4.70. The molecule has 1 unspecified atom stereocenters. The second-order valence-electron chi connectivity index (χ2n) is 6.13. The van der Waals surface area contributed by atoms with Crippen molar-refractivity contribution >= 4 is 29.9 Å². The third-order valence-corrected chi connectivity index (χ3v) is 4.15. The van der Waals surface area contributed by atoms with Gasteiger partial charge in [-0.3, -0.25) is 4.99 Å². The molecule has 124 valence electrons. The third-order valence-electron chi connectivity index (χ3n) is 4.15. The summed E-state index contributed by atoms with van der Waals surface area (Å²) in [4.78, 5) is 9.15. The zero-order valence-electron chi connectivity index (χ0n) is 13.5. The average Bonchev–Trinajstić information content (AvgIpc) is 3.19. The van der Waals surface area contributed by atoms with Gasteiger partial charge in [-0.2, -0.15) is 5.10 Å². The molecule has 0 radical (unpaired) electrons. The second-order valence-corrected chi connectivity index (χ2v) is 6.13. The topological polar surface area (TPSA) is 67.1 Å². The molecule has 7 heteroatoms. The van der Waals surface area contributed by atoms with Crippen LogP contribution < -0.4 is 10.6 Å². The molecule has 1 aromatic heterocycles. The van der Waals surface area contributed by atoms with Gasteiger partial charge in [-0.05, 0) is 32.6 Å². The van der Waals surface area contributed by atoms with E-state index < -0.39 is 0 Å². The van der Waals surface area contributed by atoms with Crippen molar-refractivity contribution in [3.8, 4) is 0 Å². The Bertz CT molecular complexity index is 508. The van der Waals surface area contributed by atoms with E-state index in [1.54, 1.807) is 0 Å². The van der Waals surface area contributed by atoms with Crippen LogP contribution in [0.4, 0.5) is 0 Å². The Hall–Kier alpha value is -0.860. The van der Waals surface area contributed by atoms with Crippen molar-refractivity contribution in [1.82, 2.24) is 25.4 Å². The molecule has 0 bridgehead atoms. The summed E-state index contributed by atoms with van der Waals surface area (Å²) in [5.74, 6) is 3.87. The van der Waals surface area contributed by atoms with E-state index in [2.05, 4.69) is 27.6 Å². The predicted molar refractivity (Wildman–Crippen MR) is 98.7 cm³/mol. The first kappa shape index (κ1) is 17.5. The second kappa shape index (κ2) is 8.12. The molecule has 1 saturated carbocycles. The quantitative estimate of drug-likeness (QED) is 0.436. The van der Waals surface area contributed by atoms with Gasteiger partial charge in [-0.15, -0.1) is 24.0 Å². The van der Waals surface area contributed by atoms with Gasteiger partial charge in [0, 0.05) is 25.6 Å². The summed E-state index contributed by atoms with van der Waals surface area (Å²) in [7, 11) is 0. The molecule has 1 fully saturated rings. The molecule has 0 amide bonds. The van der Waals surface area contributed by atoms with Gasteiger partial charge in [0.15, 0.2) is 5.96 Å². The Morgan fingerprint density at radius 2 is 2.18 bits per heavy atom. The zero-order chi connectivity index (χ0) is 14.7. The summed E-state index contributed by atoms with van der Waals surface area (Å²) in [5, 5.41) is 11.4. The zero-order valence-corrected chi connectivity index (χ0v) is 15.8. The van der Waals surface area contributed by atoms with Crippen LogP contribution in [0.3, 0.4) is 0 Å². The minimum absolute atomic E-state index is 0. The Labute approximate surface area is 149 Å². The number of aryl methyl sites for hydroxylation is 2. The van der Waals surface area contributed by atoms with Gasteiger partial charge in [0.2, 0.25) is 0 Å². The largest absolute Gasteiger partial charge is 0.357 e. The minimum Gasteiger partial charge on any atom is -0.357 e. The summed E-state index contributed by atoms with van der Waals surface area (Å²) in [6.07, 6.45) is 6.10. The molecule has 1 aliphatic heterocycles. The van der Waals surface area contributed by atoms with Crippen LogP contribution in [0.1, 0.15) is 44.3 Å². The Morgan fingerprint density at radius 3 is 2.91 bits per heavy atom. The van der Waals surface area contributed by atoms with Crippen molar-refractivity contribution in [2.24, 2.45) is 10.9 Å². The Kier molecular flexibility index (Phi) is 6.46. The summed E-state index contributed by atoms with van der Waals surface area (Å²) >= 11 is 0. The number of hydrogen-bond acceptors (Lipinski definition) is 3. The van der Waals surface area contributed by atoms with E-state index in [4.69, 9.17) is 4.99 Å². The van der Waals surface area contributed by atoms with Crippen LogP contribution >= 0.6 is 24.0 Å². The lowest BCUT2D eigenvalue weighted by atomic mass is 10.1. The minimum atomic E-state index is 0. The standard InChI is InChI=1S/C15H26N6.HI/c1-3-16-15(17-9-8-12-4-5-12)19-13-6-7-14-18-11(2)20-21(14)10-13;/h12-13H,3-10H2,1-2H3,(H2,16,17,19);1H. The first-order chi connectivity index (χ1) is 10.2. The van der Waals surface area contributed by atoms with Crippen molar-refractivity contribution in [2.45, 2.75) is 58.5 Å². The molecule has 0 spiro atoms. The maximum Gasteiger partial charge on any atom is 0.191 e. The molecule has 22 heavy (non-hydrogen) atoms. The number of nitrogens with zero attached hydrogens (tertiary/aromatic N) is 4. The van der Waals surface area contributed by atoms with Crippen molar-refractivity contribution in [2.75, 3.05) is 13.1 Å². The van der Waals surface area contributed by atoms with E-state index >= 15 is 0 Å². The lowest BCUT2D eigenvalue weighted by Gasteiger charge is -2.25. The van der Waals surface area contributed by atoms with Crippen LogP contribution in [0.25, 0.3) is 0 Å². The van der Waals surface area contributed by atoms with Crippen LogP contribution in [-0.4, -0.2) is 39.9 Å². The molecule has 2 N–H and O–H groups in total. The number of halogens is 1. The fourth-order valence-corrected chi connectivity index (χ4v) is 2.83. The molecule has 1 atom stereocenters. The molecule has 1 aliphatic carbocycles. The molecule has 1 aromatic rings. The maximum absolute atomic E-state index is 4.70. The number of guanidine groups is 1. The highest BCUT2D eigenvalue weighted by atomic mass is 127. The summed E-state index contributed by atoms with van der Waals surface area (Å²) in [6.45, 7) is 6.77. The highest BCUT2D eigenvalue weighted by Gasteiger charge is 2.22. The van der Waals surface area contributed by atoms with Crippen molar-refractivity contribution in [3.05, 3.63) is 11.6 Å². The Morgan fingerprint density at radius 1 is 1.36 bits per heavy atom. The number of hydrogen-bond donors (Lipinski definition) is 2. The molecular weight excluding hydrogens is 391 g/mol. The summed E-state index contributed by atoms with van der Waals surface area (Å²) < 4.78 is 2.03. The molecule has 2 heterocycles. The van der Waals surface area contributed by atoms with Crippen molar-refractivity contribution < 1.29 is 0 Å². The van der Waals surface area contributed by atoms with E-state index in [-0.39, 0.29) is 24.0 Å². The van der Waals surface area contributed by atoms with Gasteiger partial charge < -0.3 is 10.6 Å². The van der Waals surface area contributed by atoms with E-state index in [0.29, 0.717) is 6.04 Å². The normalized spacial score (nSPS) is 21.0. The van der Waals surface area contributed by atoms with Crippen LogP contribution in [0.15, 0.2) is 4.99 Å². The van der Waals surface area contributed by atoms with Crippen LogP contribution in [-0.2, 0) is 13.0 Å². The van der Waals surface area contributed by atoms with Gasteiger partial charge in [-0.1, -0.05) is 12.8 Å². The van der Waals surface area contributed by atoms with Gasteiger partial charge >= 0.3 is 0 Å². The highest BCUT2D eigenvalue weighted by Crippen LogP contribution is 2.32. The SMILES string of the molecule is CCNC(=NCCC1CC1)NC1CCc2nc(C)nn2C1.I. The van der Waals surface area contributed by atoms with Gasteiger partial charge in [-0.25, -0.2) is 9.67 Å². The smallest absolute Gasteiger partial charge is 0.191 e. The first-order valence-corrected chi connectivity index (χ1v) is 8.19. The number of nitrogens with one attached hydrogen (secondary N) is 2. The van der Waals surface area contributed by atoms with Gasteiger partial charge in [0.25, 0.3) is 0 Å². The van der Waals surface area contributed by atoms with Crippen LogP contribution in [0, 0.1) is 12.8 Å². The van der Waals surface area contributed by atoms with Crippen LogP contribution in [0.5, 0.6) is 0 Å². The van der Waals surface area contributed by atoms with Crippen molar-refractivity contribution in [3.63, 3.8) is 0 Å². The molecule has 3 rings (SSSR count). The third kappa shape index (κ3) is 4.82. The number of aromatic nitrogens is 3. The van der Waals surface area contributed by atoms with E-state index in [9.17, 15) is 0 Å². The van der Waals surface area contributed by atoms with Gasteiger partial charge in [0.05, 0.1) is 6.54 Å². The lowest BCUT2D eigenvalue weighted by molar-refractivity contribution is 0.392. The number of rotatable bonds is 5. The fourth-order valence-electron chi connectivity index (χ4n) is 2.83. The van der Waals surface area contributed by atoms with Crippen LogP contribution in [0.2, 0.25) is 0 Å². The molecule has 6 nitrogen and oxygen atoms in total. The fraction of sp³-hybridized carbons (Fsp3) is 0.800. The molecule has 0 aromatic carbocycles. The predicted octanol–water partition coefficient (Wildman–Crippen LogP) is 1.87. The number of fused-ring (bicyclic) bond motifs is 1.